The van der Waals surface area contributed by atoms with Gasteiger partial charge in [-0.3, -0.25) is 4.79 Å². The second-order valence-electron chi connectivity index (χ2n) is 5.78. The van der Waals surface area contributed by atoms with E-state index in [0.29, 0.717) is 13.0 Å². The third kappa shape index (κ3) is 4.32. The molecule has 3 aromatic rings. The van der Waals surface area contributed by atoms with Crippen LogP contribution in [0.2, 0.25) is 0 Å². The molecule has 24 heavy (non-hydrogen) atoms. The Labute approximate surface area is 143 Å². The van der Waals surface area contributed by atoms with E-state index in [4.69, 9.17) is 0 Å². The smallest absolute Gasteiger partial charge is 0.231 e. The molecule has 3 rings (SSSR count). The molecule has 2 nitrogen and oxygen atoms in total. The Morgan fingerprint density at radius 1 is 0.667 bits per heavy atom. The van der Waals surface area contributed by atoms with E-state index >= 15 is 0 Å². The van der Waals surface area contributed by atoms with Crippen LogP contribution in [0.4, 0.5) is 5.69 Å². The van der Waals surface area contributed by atoms with Gasteiger partial charge in [-0.05, 0) is 29.7 Å². The molecule has 0 spiro atoms. The summed E-state index contributed by atoms with van der Waals surface area (Å²) in [5.74, 6) is 0.128. The van der Waals surface area contributed by atoms with Crippen molar-refractivity contribution in [3.8, 4) is 0 Å². The van der Waals surface area contributed by atoms with E-state index in [1.54, 1.807) is 0 Å². The summed E-state index contributed by atoms with van der Waals surface area (Å²) in [5, 5.41) is 0. The zero-order valence-corrected chi connectivity index (χ0v) is 13.6. The van der Waals surface area contributed by atoms with Crippen molar-refractivity contribution >= 4 is 11.6 Å². The van der Waals surface area contributed by atoms with Crippen LogP contribution >= 0.6 is 0 Å². The normalized spacial score (nSPS) is 10.3. The van der Waals surface area contributed by atoms with Gasteiger partial charge in [0.1, 0.15) is 0 Å². The fourth-order valence-corrected chi connectivity index (χ4v) is 2.76. The molecular weight excluding hydrogens is 294 g/mol. The average molecular weight is 315 g/mol. The molecule has 1 amide bonds. The fraction of sp³-hybridized carbons (Fsp3) is 0.136. The second kappa shape index (κ2) is 8.11. The van der Waals surface area contributed by atoms with Crippen molar-refractivity contribution in [3.63, 3.8) is 0 Å². The molecule has 0 aromatic heterocycles. The van der Waals surface area contributed by atoms with Crippen molar-refractivity contribution < 1.29 is 4.79 Å². The van der Waals surface area contributed by atoms with Crippen LogP contribution < -0.4 is 4.90 Å². The molecule has 0 unspecified atom stereocenters. The Morgan fingerprint density at radius 3 is 1.75 bits per heavy atom. The third-order valence-electron chi connectivity index (χ3n) is 4.03. The molecule has 0 N–H and O–H groups in total. The number of rotatable bonds is 6. The third-order valence-corrected chi connectivity index (χ3v) is 4.03. The van der Waals surface area contributed by atoms with Crippen LogP contribution in [0.5, 0.6) is 0 Å². The molecule has 0 aliphatic rings. The van der Waals surface area contributed by atoms with Gasteiger partial charge in [-0.1, -0.05) is 78.9 Å². The molecule has 0 saturated carbocycles. The highest BCUT2D eigenvalue weighted by Crippen LogP contribution is 2.16. The first kappa shape index (κ1) is 16.0. The van der Waals surface area contributed by atoms with Crippen LogP contribution in [-0.2, 0) is 17.6 Å². The lowest BCUT2D eigenvalue weighted by Gasteiger charge is -2.23. The predicted octanol–water partition coefficient (Wildman–Crippen LogP) is 4.51. The van der Waals surface area contributed by atoms with Gasteiger partial charge in [-0.2, -0.15) is 0 Å². The minimum Gasteiger partial charge on any atom is -0.312 e. The lowest BCUT2D eigenvalue weighted by atomic mass is 10.1. The van der Waals surface area contributed by atoms with Gasteiger partial charge in [0, 0.05) is 12.2 Å². The lowest BCUT2D eigenvalue weighted by molar-refractivity contribution is -0.118. The predicted molar refractivity (Wildman–Crippen MR) is 99.1 cm³/mol. The van der Waals surface area contributed by atoms with Crippen LogP contribution in [0.3, 0.4) is 0 Å². The van der Waals surface area contributed by atoms with Crippen LogP contribution in [0, 0.1) is 0 Å². The molecule has 0 fully saturated rings. The maximum absolute atomic E-state index is 12.9. The number of hydrogen-bond donors (Lipinski definition) is 0. The summed E-state index contributed by atoms with van der Waals surface area (Å²) in [6.07, 6.45) is 1.26. The van der Waals surface area contributed by atoms with Crippen molar-refractivity contribution in [1.82, 2.24) is 0 Å². The fourth-order valence-electron chi connectivity index (χ4n) is 2.76. The topological polar surface area (TPSA) is 20.3 Å². The molecule has 2 heteroatoms. The van der Waals surface area contributed by atoms with Crippen molar-refractivity contribution in [3.05, 3.63) is 102 Å². The minimum absolute atomic E-state index is 0.128. The first-order chi connectivity index (χ1) is 11.8. The molecule has 0 saturated heterocycles. The summed E-state index contributed by atoms with van der Waals surface area (Å²) in [6.45, 7) is 0.680. The highest BCUT2D eigenvalue weighted by atomic mass is 16.2. The van der Waals surface area contributed by atoms with Crippen molar-refractivity contribution in [2.75, 3.05) is 11.4 Å². The van der Waals surface area contributed by atoms with Gasteiger partial charge in [0.2, 0.25) is 5.91 Å². The van der Waals surface area contributed by atoms with Gasteiger partial charge in [-0.15, -0.1) is 0 Å². The van der Waals surface area contributed by atoms with Gasteiger partial charge in [0.15, 0.2) is 0 Å². The van der Waals surface area contributed by atoms with Crippen molar-refractivity contribution in [1.29, 1.82) is 0 Å². The van der Waals surface area contributed by atoms with Crippen molar-refractivity contribution in [2.45, 2.75) is 12.8 Å². The number of para-hydroxylation sites is 1. The molecular formula is C22H21NO. The second-order valence-corrected chi connectivity index (χ2v) is 5.78. The number of nitrogens with zero attached hydrogens (tertiary/aromatic N) is 1. The average Bonchev–Trinajstić information content (AvgIpc) is 2.64. The van der Waals surface area contributed by atoms with Gasteiger partial charge < -0.3 is 4.90 Å². The van der Waals surface area contributed by atoms with Crippen LogP contribution in [0.1, 0.15) is 11.1 Å². The maximum Gasteiger partial charge on any atom is 0.231 e. The summed E-state index contributed by atoms with van der Waals surface area (Å²) in [5.41, 5.74) is 3.24. The first-order valence-corrected chi connectivity index (χ1v) is 8.26. The molecule has 3 aromatic carbocycles. The van der Waals surface area contributed by atoms with Gasteiger partial charge in [0.25, 0.3) is 0 Å². The van der Waals surface area contributed by atoms with Gasteiger partial charge in [0.05, 0.1) is 6.42 Å². The van der Waals surface area contributed by atoms with Gasteiger partial charge in [-0.25, -0.2) is 0 Å². The minimum atomic E-state index is 0.128. The quantitative estimate of drug-likeness (QED) is 0.655. The van der Waals surface area contributed by atoms with E-state index in [1.807, 2.05) is 83.8 Å². The molecule has 0 aliphatic heterocycles. The number of hydrogen-bond acceptors (Lipinski definition) is 1. The largest absolute Gasteiger partial charge is 0.312 e. The number of carbonyl (C=O) groups is 1. The SMILES string of the molecule is O=C(Cc1ccccc1)N(CCc1ccccc1)c1ccccc1. The Morgan fingerprint density at radius 2 is 1.17 bits per heavy atom. The number of benzene rings is 3. The van der Waals surface area contributed by atoms with E-state index in [-0.39, 0.29) is 5.91 Å². The summed E-state index contributed by atoms with van der Waals surface area (Å²) in [6, 6.07) is 30.1. The maximum atomic E-state index is 12.9. The Kier molecular flexibility index (Phi) is 5.41. The van der Waals surface area contributed by atoms with E-state index in [2.05, 4.69) is 12.1 Å². The number of amides is 1. The summed E-state index contributed by atoms with van der Waals surface area (Å²) < 4.78 is 0. The molecule has 0 atom stereocenters. The van der Waals surface area contributed by atoms with E-state index in [9.17, 15) is 4.79 Å². The zero-order chi connectivity index (χ0) is 16.6. The summed E-state index contributed by atoms with van der Waals surface area (Å²) >= 11 is 0. The molecule has 0 radical (unpaired) electrons. The number of anilines is 1. The first-order valence-electron chi connectivity index (χ1n) is 8.26. The van der Waals surface area contributed by atoms with E-state index < -0.39 is 0 Å². The molecule has 0 aliphatic carbocycles. The molecule has 120 valence electrons. The summed E-state index contributed by atoms with van der Waals surface area (Å²) in [7, 11) is 0. The monoisotopic (exact) mass is 315 g/mol. The highest BCUT2D eigenvalue weighted by Gasteiger charge is 2.15. The van der Waals surface area contributed by atoms with Crippen LogP contribution in [0.15, 0.2) is 91.0 Å². The Bertz CT molecular complexity index is 754. The summed E-state index contributed by atoms with van der Waals surface area (Å²) in [4.78, 5) is 14.7. The lowest BCUT2D eigenvalue weighted by Crippen LogP contribution is -2.34. The highest BCUT2D eigenvalue weighted by molar-refractivity contribution is 5.94. The van der Waals surface area contributed by atoms with E-state index in [1.165, 1.54) is 5.56 Å². The number of carbonyl (C=O) groups excluding carboxylic acids is 1. The molecule has 0 bridgehead atoms. The van der Waals surface area contributed by atoms with E-state index in [0.717, 1.165) is 17.7 Å². The standard InChI is InChI=1S/C22H21NO/c24-22(18-20-12-6-2-7-13-20)23(21-14-8-3-9-15-21)17-16-19-10-4-1-5-11-19/h1-15H,16-18H2. The van der Waals surface area contributed by atoms with Crippen molar-refractivity contribution in [2.24, 2.45) is 0 Å². The van der Waals surface area contributed by atoms with Crippen LogP contribution in [-0.4, -0.2) is 12.5 Å². The Balaban J connectivity index is 1.75. The zero-order valence-electron chi connectivity index (χ0n) is 13.6. The van der Waals surface area contributed by atoms with Gasteiger partial charge >= 0.3 is 0 Å². The molecule has 0 heterocycles. The van der Waals surface area contributed by atoms with Crippen LogP contribution in [0.25, 0.3) is 0 Å². The Hall–Kier alpha value is -2.87.